The molecule has 5 rings (SSSR count). The van der Waals surface area contributed by atoms with Crippen LogP contribution in [0.15, 0.2) is 24.3 Å². The average molecular weight is 411 g/mol. The Labute approximate surface area is 177 Å². The quantitative estimate of drug-likeness (QED) is 0.495. The second-order valence-electron chi connectivity index (χ2n) is 9.40. The van der Waals surface area contributed by atoms with Crippen molar-refractivity contribution in [3.8, 4) is 11.9 Å². The Hall–Kier alpha value is -2.75. The van der Waals surface area contributed by atoms with Crippen LogP contribution in [0.4, 0.5) is 4.79 Å². The molecule has 3 N–H and O–H groups in total. The summed E-state index contributed by atoms with van der Waals surface area (Å²) in [4.78, 5) is 26.9. The molecule has 7 nitrogen and oxygen atoms in total. The Morgan fingerprint density at radius 2 is 1.73 bits per heavy atom. The number of benzene rings is 1. The number of aromatic hydroxyl groups is 1. The molecule has 0 heterocycles. The van der Waals surface area contributed by atoms with Crippen LogP contribution in [0.1, 0.15) is 51.0 Å². The normalized spacial score (nSPS) is 29.7. The van der Waals surface area contributed by atoms with Gasteiger partial charge in [0.05, 0.1) is 0 Å². The van der Waals surface area contributed by atoms with E-state index in [0.29, 0.717) is 17.8 Å². The van der Waals surface area contributed by atoms with Gasteiger partial charge in [0.15, 0.2) is 6.19 Å². The number of likely N-dealkylation sites (N-methyl/N-ethyl adjacent to an activating group) is 1. The first-order valence-corrected chi connectivity index (χ1v) is 11.0. The predicted molar refractivity (Wildman–Crippen MR) is 111 cm³/mol. The summed E-state index contributed by atoms with van der Waals surface area (Å²) in [5.41, 5.74) is 0.653. The Morgan fingerprint density at radius 1 is 1.17 bits per heavy atom. The average Bonchev–Trinajstić information content (AvgIpc) is 2.68. The molecule has 4 fully saturated rings. The van der Waals surface area contributed by atoms with Crippen LogP contribution in [0, 0.1) is 29.2 Å². The minimum absolute atomic E-state index is 0.140. The lowest BCUT2D eigenvalue weighted by Crippen LogP contribution is -2.63. The number of hydrogen-bond donors (Lipinski definition) is 3. The SMILES string of the molecule is CCN(C#N)C(=O)C(Cc1ccc(O)cc1)NC(=O)NC12CC3CC(CC(C3)C1)C2. The van der Waals surface area contributed by atoms with Gasteiger partial charge in [-0.1, -0.05) is 12.1 Å². The van der Waals surface area contributed by atoms with E-state index >= 15 is 0 Å². The Kier molecular flexibility index (Phi) is 5.59. The van der Waals surface area contributed by atoms with E-state index in [9.17, 15) is 20.0 Å². The van der Waals surface area contributed by atoms with Crippen LogP contribution in [0.3, 0.4) is 0 Å². The van der Waals surface area contributed by atoms with Crippen LogP contribution in [0.5, 0.6) is 5.75 Å². The van der Waals surface area contributed by atoms with Gasteiger partial charge in [0.25, 0.3) is 5.91 Å². The molecule has 1 aromatic rings. The number of rotatable bonds is 6. The first-order valence-electron chi connectivity index (χ1n) is 11.0. The molecule has 0 radical (unpaired) electrons. The number of amides is 3. The highest BCUT2D eigenvalue weighted by Crippen LogP contribution is 2.55. The molecule has 7 heteroatoms. The van der Waals surface area contributed by atoms with Crippen molar-refractivity contribution < 1.29 is 14.7 Å². The summed E-state index contributed by atoms with van der Waals surface area (Å²) in [6.45, 7) is 1.98. The lowest BCUT2D eigenvalue weighted by Gasteiger charge is -2.56. The highest BCUT2D eigenvalue weighted by molar-refractivity contribution is 5.88. The van der Waals surface area contributed by atoms with Crippen LogP contribution < -0.4 is 10.6 Å². The number of carbonyl (C=O) groups is 2. The van der Waals surface area contributed by atoms with E-state index in [4.69, 9.17) is 0 Å². The van der Waals surface area contributed by atoms with Crippen molar-refractivity contribution in [2.75, 3.05) is 6.54 Å². The van der Waals surface area contributed by atoms with Gasteiger partial charge >= 0.3 is 6.03 Å². The fourth-order valence-electron chi connectivity index (χ4n) is 6.23. The summed E-state index contributed by atoms with van der Waals surface area (Å²) in [7, 11) is 0. The molecule has 1 atom stereocenters. The van der Waals surface area contributed by atoms with E-state index < -0.39 is 11.9 Å². The standard InChI is InChI=1S/C23H30N4O3/c1-2-27(14-24)21(29)20(10-15-3-5-19(28)6-4-15)25-22(30)26-23-11-16-7-17(12-23)9-18(8-16)13-23/h3-6,16-18,20,28H,2,7-13H2,1H3,(H2,25,26,30). The number of phenolic OH excluding ortho intramolecular Hbond substituents is 1. The number of hydrogen-bond acceptors (Lipinski definition) is 4. The second kappa shape index (κ2) is 8.17. The van der Waals surface area contributed by atoms with Crippen molar-refractivity contribution in [2.24, 2.45) is 17.8 Å². The molecule has 30 heavy (non-hydrogen) atoms. The van der Waals surface area contributed by atoms with Crippen LogP contribution in [-0.4, -0.2) is 40.1 Å². The molecular formula is C23H30N4O3. The van der Waals surface area contributed by atoms with Crippen molar-refractivity contribution in [3.63, 3.8) is 0 Å². The molecular weight excluding hydrogens is 380 g/mol. The zero-order valence-electron chi connectivity index (χ0n) is 17.4. The molecule has 0 aromatic heterocycles. The van der Waals surface area contributed by atoms with E-state index in [0.717, 1.165) is 29.7 Å². The van der Waals surface area contributed by atoms with E-state index in [1.807, 2.05) is 6.19 Å². The zero-order valence-corrected chi connectivity index (χ0v) is 17.4. The van der Waals surface area contributed by atoms with Crippen LogP contribution in [0.2, 0.25) is 0 Å². The highest BCUT2D eigenvalue weighted by atomic mass is 16.3. The van der Waals surface area contributed by atoms with Gasteiger partial charge < -0.3 is 15.7 Å². The van der Waals surface area contributed by atoms with Gasteiger partial charge in [-0.25, -0.2) is 9.69 Å². The lowest BCUT2D eigenvalue weighted by atomic mass is 9.53. The van der Waals surface area contributed by atoms with Gasteiger partial charge in [-0.3, -0.25) is 4.79 Å². The van der Waals surface area contributed by atoms with Crippen molar-refractivity contribution in [3.05, 3.63) is 29.8 Å². The molecule has 4 saturated carbocycles. The van der Waals surface area contributed by atoms with Crippen molar-refractivity contribution in [1.82, 2.24) is 15.5 Å². The van der Waals surface area contributed by atoms with Gasteiger partial charge in [0.2, 0.25) is 0 Å². The molecule has 4 aliphatic rings. The van der Waals surface area contributed by atoms with Gasteiger partial charge in [0.1, 0.15) is 11.8 Å². The third-order valence-electron chi connectivity index (χ3n) is 7.10. The van der Waals surface area contributed by atoms with Gasteiger partial charge in [0, 0.05) is 18.5 Å². The van der Waals surface area contributed by atoms with Crippen molar-refractivity contribution in [1.29, 1.82) is 5.26 Å². The monoisotopic (exact) mass is 410 g/mol. The number of nitrogens with zero attached hydrogens (tertiary/aromatic N) is 2. The summed E-state index contributed by atoms with van der Waals surface area (Å²) in [6, 6.07) is 5.36. The van der Waals surface area contributed by atoms with E-state index in [1.54, 1.807) is 31.2 Å². The topological polar surface area (TPSA) is 105 Å². The molecule has 0 saturated heterocycles. The molecule has 1 unspecified atom stereocenters. The Balaban J connectivity index is 1.46. The summed E-state index contributed by atoms with van der Waals surface area (Å²) in [6.07, 6.45) is 9.11. The lowest BCUT2D eigenvalue weighted by molar-refractivity contribution is -0.130. The van der Waals surface area contributed by atoms with Crippen LogP contribution in [-0.2, 0) is 11.2 Å². The highest BCUT2D eigenvalue weighted by Gasteiger charge is 2.51. The minimum Gasteiger partial charge on any atom is -0.508 e. The first kappa shape index (κ1) is 20.5. The largest absolute Gasteiger partial charge is 0.508 e. The Morgan fingerprint density at radius 3 is 2.23 bits per heavy atom. The smallest absolute Gasteiger partial charge is 0.315 e. The predicted octanol–water partition coefficient (Wildman–Crippen LogP) is 2.90. The summed E-state index contributed by atoms with van der Waals surface area (Å²) < 4.78 is 0. The van der Waals surface area contributed by atoms with Gasteiger partial charge in [-0.15, -0.1) is 0 Å². The minimum atomic E-state index is -0.844. The third-order valence-corrected chi connectivity index (χ3v) is 7.10. The maximum absolute atomic E-state index is 13.0. The third kappa shape index (κ3) is 4.23. The summed E-state index contributed by atoms with van der Waals surface area (Å²) in [5, 5.41) is 24.9. The number of nitrogens with one attached hydrogen (secondary N) is 2. The van der Waals surface area contributed by atoms with Crippen LogP contribution in [0.25, 0.3) is 0 Å². The van der Waals surface area contributed by atoms with Gasteiger partial charge in [-0.2, -0.15) is 5.26 Å². The second-order valence-corrected chi connectivity index (χ2v) is 9.40. The Bertz CT molecular complexity index is 810. The molecule has 1 aromatic carbocycles. The first-order chi connectivity index (χ1) is 14.4. The number of nitriles is 1. The van der Waals surface area contributed by atoms with E-state index in [1.165, 1.54) is 19.3 Å². The number of urea groups is 1. The van der Waals surface area contributed by atoms with E-state index in [2.05, 4.69) is 10.6 Å². The molecule has 0 spiro atoms. The van der Waals surface area contributed by atoms with Gasteiger partial charge in [-0.05, 0) is 80.9 Å². The molecule has 4 bridgehead atoms. The maximum atomic E-state index is 13.0. The molecule has 4 aliphatic carbocycles. The maximum Gasteiger partial charge on any atom is 0.315 e. The molecule has 3 amide bonds. The molecule has 0 aliphatic heterocycles. The number of carbonyl (C=O) groups excluding carboxylic acids is 2. The van der Waals surface area contributed by atoms with Crippen LogP contribution >= 0.6 is 0 Å². The fraction of sp³-hybridized carbons (Fsp3) is 0.609. The zero-order chi connectivity index (χ0) is 21.3. The van der Waals surface area contributed by atoms with Crippen molar-refractivity contribution in [2.45, 2.75) is 63.5 Å². The summed E-state index contributed by atoms with van der Waals surface area (Å²) in [5.74, 6) is 1.84. The number of phenols is 1. The van der Waals surface area contributed by atoms with Crippen molar-refractivity contribution >= 4 is 11.9 Å². The fourth-order valence-corrected chi connectivity index (χ4v) is 6.23. The summed E-state index contributed by atoms with van der Waals surface area (Å²) >= 11 is 0. The van der Waals surface area contributed by atoms with E-state index in [-0.39, 0.29) is 30.3 Å². The molecule has 160 valence electrons.